The molecule has 0 saturated carbocycles. The molecule has 1 N–H and O–H groups in total. The van der Waals surface area contributed by atoms with Gasteiger partial charge in [-0.1, -0.05) is 30.3 Å². The molecule has 0 saturated heterocycles. The second-order valence-corrected chi connectivity index (χ2v) is 5.25. The van der Waals surface area contributed by atoms with Gasteiger partial charge in [0.25, 0.3) is 0 Å². The van der Waals surface area contributed by atoms with E-state index in [1.165, 1.54) is 6.07 Å². The zero-order chi connectivity index (χ0) is 14.7. The molecule has 0 unspecified atom stereocenters. The van der Waals surface area contributed by atoms with Crippen LogP contribution in [0.4, 0.5) is 0 Å². The van der Waals surface area contributed by atoms with Gasteiger partial charge in [0, 0.05) is 24.8 Å². The van der Waals surface area contributed by atoms with E-state index in [1.54, 1.807) is 0 Å². The van der Waals surface area contributed by atoms with E-state index in [0.29, 0.717) is 18.8 Å². The highest BCUT2D eigenvalue weighted by Gasteiger charge is 2.14. The van der Waals surface area contributed by atoms with Crippen molar-refractivity contribution in [2.75, 3.05) is 14.1 Å². The van der Waals surface area contributed by atoms with Crippen molar-refractivity contribution < 1.29 is 5.11 Å². The average molecular weight is 272 g/mol. The maximum Gasteiger partial charge on any atom is 0.223 e. The van der Waals surface area contributed by atoms with E-state index in [9.17, 15) is 9.90 Å². The highest BCUT2D eigenvalue weighted by atomic mass is 16.3. The van der Waals surface area contributed by atoms with E-state index in [-0.39, 0.29) is 11.2 Å². The van der Waals surface area contributed by atoms with E-state index < -0.39 is 0 Å². The number of pyridine rings is 1. The molecular weight excluding hydrogens is 252 g/mol. The van der Waals surface area contributed by atoms with Crippen LogP contribution >= 0.6 is 0 Å². The maximum absolute atomic E-state index is 11.8. The highest BCUT2D eigenvalue weighted by molar-refractivity contribution is 5.31. The van der Waals surface area contributed by atoms with Crippen LogP contribution in [0.1, 0.15) is 17.0 Å². The van der Waals surface area contributed by atoms with Gasteiger partial charge in [0.15, 0.2) is 5.75 Å². The molecule has 106 valence electrons. The van der Waals surface area contributed by atoms with Gasteiger partial charge in [-0.15, -0.1) is 0 Å². The zero-order valence-electron chi connectivity index (χ0n) is 12.1. The number of aromatic hydroxyl groups is 1. The average Bonchev–Trinajstić information content (AvgIpc) is 2.41. The standard InChI is InChI=1S/C16H20N2O2/c1-12-9-15(19)16(20)14(11-17(2)3)18(12)10-13-7-5-4-6-8-13/h4-9,20H,10-11H2,1-3H3. The summed E-state index contributed by atoms with van der Waals surface area (Å²) in [4.78, 5) is 13.7. The third-order valence-electron chi connectivity index (χ3n) is 3.25. The molecule has 0 amide bonds. The first-order valence-corrected chi connectivity index (χ1v) is 6.60. The van der Waals surface area contributed by atoms with E-state index in [1.807, 2.05) is 60.8 Å². The van der Waals surface area contributed by atoms with Gasteiger partial charge in [0.2, 0.25) is 5.43 Å². The van der Waals surface area contributed by atoms with Crippen molar-refractivity contribution in [3.63, 3.8) is 0 Å². The Morgan fingerprint density at radius 3 is 2.45 bits per heavy atom. The number of rotatable bonds is 4. The highest BCUT2D eigenvalue weighted by Crippen LogP contribution is 2.17. The third kappa shape index (κ3) is 3.08. The van der Waals surface area contributed by atoms with Gasteiger partial charge in [-0.3, -0.25) is 4.79 Å². The van der Waals surface area contributed by atoms with E-state index in [0.717, 1.165) is 11.3 Å². The summed E-state index contributed by atoms with van der Waals surface area (Å²) in [5.74, 6) is -0.153. The minimum atomic E-state index is -0.316. The van der Waals surface area contributed by atoms with Gasteiger partial charge < -0.3 is 14.6 Å². The summed E-state index contributed by atoms with van der Waals surface area (Å²) in [7, 11) is 3.83. The van der Waals surface area contributed by atoms with E-state index in [2.05, 4.69) is 0 Å². The fraction of sp³-hybridized carbons (Fsp3) is 0.312. The molecule has 2 aromatic rings. The fourth-order valence-electron chi connectivity index (χ4n) is 2.26. The number of aromatic nitrogens is 1. The van der Waals surface area contributed by atoms with Crippen LogP contribution in [-0.2, 0) is 13.1 Å². The Morgan fingerprint density at radius 1 is 1.20 bits per heavy atom. The number of hydrogen-bond acceptors (Lipinski definition) is 3. The Kier molecular flexibility index (Phi) is 4.25. The Bertz CT molecular complexity index is 646. The largest absolute Gasteiger partial charge is 0.503 e. The molecule has 0 fully saturated rings. The summed E-state index contributed by atoms with van der Waals surface area (Å²) in [5, 5.41) is 10.1. The quantitative estimate of drug-likeness (QED) is 0.925. The topological polar surface area (TPSA) is 45.5 Å². The monoisotopic (exact) mass is 272 g/mol. The second kappa shape index (κ2) is 5.92. The molecule has 4 nitrogen and oxygen atoms in total. The molecule has 1 aromatic carbocycles. The molecule has 20 heavy (non-hydrogen) atoms. The second-order valence-electron chi connectivity index (χ2n) is 5.25. The molecule has 0 aliphatic heterocycles. The Hall–Kier alpha value is -2.07. The van der Waals surface area contributed by atoms with Crippen LogP contribution in [0.2, 0.25) is 0 Å². The summed E-state index contributed by atoms with van der Waals surface area (Å²) >= 11 is 0. The number of hydrogen-bond donors (Lipinski definition) is 1. The van der Waals surface area contributed by atoms with Crippen LogP contribution in [0, 0.1) is 6.92 Å². The number of benzene rings is 1. The van der Waals surface area contributed by atoms with Crippen molar-refractivity contribution in [2.45, 2.75) is 20.0 Å². The molecule has 1 heterocycles. The molecule has 0 spiro atoms. The molecule has 0 aliphatic rings. The van der Waals surface area contributed by atoms with Crippen molar-refractivity contribution in [1.29, 1.82) is 0 Å². The lowest BCUT2D eigenvalue weighted by Crippen LogP contribution is -2.22. The van der Waals surface area contributed by atoms with Gasteiger partial charge in [-0.05, 0) is 26.6 Å². The summed E-state index contributed by atoms with van der Waals surface area (Å²) in [6.45, 7) is 3.06. The fourth-order valence-corrected chi connectivity index (χ4v) is 2.26. The van der Waals surface area contributed by atoms with E-state index >= 15 is 0 Å². The first-order chi connectivity index (χ1) is 9.49. The predicted octanol–water partition coefficient (Wildman–Crippen LogP) is 1.97. The van der Waals surface area contributed by atoms with Crippen LogP contribution in [0.5, 0.6) is 5.75 Å². The summed E-state index contributed by atoms with van der Waals surface area (Å²) < 4.78 is 1.99. The first kappa shape index (κ1) is 14.3. The lowest BCUT2D eigenvalue weighted by Gasteiger charge is -2.20. The van der Waals surface area contributed by atoms with Crippen molar-refractivity contribution >= 4 is 0 Å². The Balaban J connectivity index is 2.50. The minimum Gasteiger partial charge on any atom is -0.503 e. The maximum atomic E-state index is 11.8. The summed E-state index contributed by atoms with van der Waals surface area (Å²) in [6, 6.07) is 11.5. The van der Waals surface area contributed by atoms with Crippen molar-refractivity contribution in [1.82, 2.24) is 9.47 Å². The molecule has 0 radical (unpaired) electrons. The number of aryl methyl sites for hydroxylation is 1. The summed E-state index contributed by atoms with van der Waals surface area (Å²) in [6.07, 6.45) is 0. The lowest BCUT2D eigenvalue weighted by molar-refractivity contribution is 0.364. The molecule has 4 heteroatoms. The van der Waals surface area contributed by atoms with Crippen LogP contribution in [-0.4, -0.2) is 28.7 Å². The van der Waals surface area contributed by atoms with Crippen LogP contribution < -0.4 is 5.43 Å². The molecule has 0 bridgehead atoms. The van der Waals surface area contributed by atoms with Gasteiger partial charge in [-0.2, -0.15) is 0 Å². The van der Waals surface area contributed by atoms with Crippen LogP contribution in [0.25, 0.3) is 0 Å². The SMILES string of the molecule is Cc1cc(=O)c(O)c(CN(C)C)n1Cc1ccccc1. The molecule has 0 atom stereocenters. The van der Waals surface area contributed by atoms with Crippen molar-refractivity contribution in [2.24, 2.45) is 0 Å². The van der Waals surface area contributed by atoms with Crippen LogP contribution in [0.15, 0.2) is 41.2 Å². The molecule has 2 rings (SSSR count). The van der Waals surface area contributed by atoms with Crippen molar-refractivity contribution in [3.8, 4) is 5.75 Å². The molecule has 0 aliphatic carbocycles. The molecular formula is C16H20N2O2. The lowest BCUT2D eigenvalue weighted by atomic mass is 10.2. The molecule has 1 aromatic heterocycles. The van der Waals surface area contributed by atoms with Gasteiger partial charge in [0.05, 0.1) is 5.69 Å². The zero-order valence-corrected chi connectivity index (χ0v) is 12.1. The first-order valence-electron chi connectivity index (χ1n) is 6.60. The Morgan fingerprint density at radius 2 is 1.85 bits per heavy atom. The third-order valence-corrected chi connectivity index (χ3v) is 3.25. The van der Waals surface area contributed by atoms with Crippen LogP contribution in [0.3, 0.4) is 0 Å². The van der Waals surface area contributed by atoms with Gasteiger partial charge in [0.1, 0.15) is 0 Å². The minimum absolute atomic E-state index is 0.153. The normalized spacial score (nSPS) is 11.0. The van der Waals surface area contributed by atoms with Gasteiger partial charge in [-0.25, -0.2) is 0 Å². The summed E-state index contributed by atoms with van der Waals surface area (Å²) in [5.41, 5.74) is 2.33. The predicted molar refractivity (Wildman–Crippen MR) is 80.0 cm³/mol. The Labute approximate surface area is 118 Å². The number of nitrogens with zero attached hydrogens (tertiary/aromatic N) is 2. The van der Waals surface area contributed by atoms with E-state index in [4.69, 9.17) is 0 Å². The van der Waals surface area contributed by atoms with Gasteiger partial charge >= 0.3 is 0 Å². The smallest absolute Gasteiger partial charge is 0.223 e. The van der Waals surface area contributed by atoms with Crippen molar-refractivity contribution in [3.05, 3.63) is 63.6 Å².